The maximum Gasteiger partial charge on any atom is 0.162 e. The summed E-state index contributed by atoms with van der Waals surface area (Å²) in [5.41, 5.74) is 2.02. The van der Waals surface area contributed by atoms with Gasteiger partial charge in [0.05, 0.1) is 5.52 Å². The Morgan fingerprint density at radius 1 is 1.04 bits per heavy atom. The Balaban J connectivity index is 1.89. The van der Waals surface area contributed by atoms with Crippen LogP contribution in [0.25, 0.3) is 22.3 Å². The summed E-state index contributed by atoms with van der Waals surface area (Å²) in [5, 5.41) is 1.15. The molecule has 0 radical (unpaired) electrons. The Kier molecular flexibility index (Phi) is 4.11. The van der Waals surface area contributed by atoms with Crippen LogP contribution in [0.5, 0.6) is 0 Å². The summed E-state index contributed by atoms with van der Waals surface area (Å²) in [6.07, 6.45) is 8.55. The Hall–Kier alpha value is -2.49. The van der Waals surface area contributed by atoms with Crippen LogP contribution in [0.4, 0.5) is 5.82 Å². The predicted octanol–water partition coefficient (Wildman–Crippen LogP) is 4.46. The highest BCUT2D eigenvalue weighted by Gasteiger charge is 2.24. The lowest BCUT2D eigenvalue weighted by Gasteiger charge is -2.37. The third kappa shape index (κ3) is 2.73. The monoisotopic (exact) mass is 318 g/mol. The third-order valence-corrected chi connectivity index (χ3v) is 4.89. The average Bonchev–Trinajstić information content (AvgIpc) is 2.68. The molecule has 0 bridgehead atoms. The van der Waals surface area contributed by atoms with Gasteiger partial charge in [0.2, 0.25) is 0 Å². The fourth-order valence-electron chi connectivity index (χ4n) is 3.61. The minimum atomic E-state index is 0.572. The van der Waals surface area contributed by atoms with E-state index in [1.165, 1.54) is 19.3 Å². The van der Waals surface area contributed by atoms with Gasteiger partial charge in [0.15, 0.2) is 5.82 Å². The summed E-state index contributed by atoms with van der Waals surface area (Å²) < 4.78 is 0. The Morgan fingerprint density at radius 2 is 1.88 bits per heavy atom. The number of nitrogens with zero attached hydrogens (tertiary/aromatic N) is 4. The summed E-state index contributed by atoms with van der Waals surface area (Å²) in [5.74, 6) is 1.87. The average molecular weight is 318 g/mol. The number of anilines is 1. The number of fused-ring (bicyclic) bond motifs is 1. The zero-order valence-corrected chi connectivity index (χ0v) is 14.0. The zero-order valence-electron chi connectivity index (χ0n) is 14.0. The SMILES string of the molecule is CC[C@H]1CCCCN1c1nc(-c2ccncc2)nc2ccccc12. The van der Waals surface area contributed by atoms with Gasteiger partial charge < -0.3 is 4.90 Å². The molecule has 1 atom stereocenters. The van der Waals surface area contributed by atoms with Crippen molar-refractivity contribution in [3.63, 3.8) is 0 Å². The number of benzene rings is 1. The normalized spacial score (nSPS) is 18.0. The molecule has 3 aromatic rings. The first-order chi connectivity index (χ1) is 11.9. The summed E-state index contributed by atoms with van der Waals surface area (Å²) >= 11 is 0. The molecule has 0 saturated carbocycles. The molecule has 1 aliphatic rings. The molecule has 4 rings (SSSR count). The van der Waals surface area contributed by atoms with E-state index >= 15 is 0 Å². The van der Waals surface area contributed by atoms with Crippen LogP contribution >= 0.6 is 0 Å². The number of hydrogen-bond acceptors (Lipinski definition) is 4. The van der Waals surface area contributed by atoms with Crippen molar-refractivity contribution in [1.82, 2.24) is 15.0 Å². The maximum absolute atomic E-state index is 4.98. The van der Waals surface area contributed by atoms with Gasteiger partial charge in [-0.2, -0.15) is 0 Å². The molecule has 122 valence electrons. The molecular formula is C20H22N4. The lowest BCUT2D eigenvalue weighted by molar-refractivity contribution is 0.448. The van der Waals surface area contributed by atoms with Crippen LogP contribution in [0.3, 0.4) is 0 Å². The topological polar surface area (TPSA) is 41.9 Å². The van der Waals surface area contributed by atoms with Crippen LogP contribution in [-0.4, -0.2) is 27.5 Å². The van der Waals surface area contributed by atoms with Crippen molar-refractivity contribution in [3.8, 4) is 11.4 Å². The molecular weight excluding hydrogens is 296 g/mol. The first-order valence-electron chi connectivity index (χ1n) is 8.80. The molecule has 1 aliphatic heterocycles. The molecule has 2 aromatic heterocycles. The van der Waals surface area contributed by atoms with E-state index < -0.39 is 0 Å². The van der Waals surface area contributed by atoms with Crippen LogP contribution in [0.1, 0.15) is 32.6 Å². The maximum atomic E-state index is 4.98. The molecule has 0 aliphatic carbocycles. The van der Waals surface area contributed by atoms with Gasteiger partial charge in [0.25, 0.3) is 0 Å². The number of rotatable bonds is 3. The second-order valence-corrected chi connectivity index (χ2v) is 6.38. The van der Waals surface area contributed by atoms with Crippen molar-refractivity contribution in [2.45, 2.75) is 38.6 Å². The second-order valence-electron chi connectivity index (χ2n) is 6.38. The molecule has 0 unspecified atom stereocenters. The number of piperidine rings is 1. The lowest BCUT2D eigenvalue weighted by Crippen LogP contribution is -2.39. The van der Waals surface area contributed by atoms with Gasteiger partial charge in [-0.05, 0) is 49.9 Å². The van der Waals surface area contributed by atoms with E-state index in [4.69, 9.17) is 9.97 Å². The van der Waals surface area contributed by atoms with Crippen molar-refractivity contribution < 1.29 is 0 Å². The van der Waals surface area contributed by atoms with Crippen LogP contribution in [-0.2, 0) is 0 Å². The lowest BCUT2D eigenvalue weighted by atomic mass is 9.99. The molecule has 0 spiro atoms. The fourth-order valence-corrected chi connectivity index (χ4v) is 3.61. The number of hydrogen-bond donors (Lipinski definition) is 0. The molecule has 24 heavy (non-hydrogen) atoms. The largest absolute Gasteiger partial charge is 0.353 e. The summed E-state index contributed by atoms with van der Waals surface area (Å²) in [7, 11) is 0. The molecule has 3 heterocycles. The Morgan fingerprint density at radius 3 is 2.71 bits per heavy atom. The smallest absolute Gasteiger partial charge is 0.162 e. The van der Waals surface area contributed by atoms with Crippen LogP contribution in [0.15, 0.2) is 48.8 Å². The predicted molar refractivity (Wildman–Crippen MR) is 98.0 cm³/mol. The van der Waals surface area contributed by atoms with Gasteiger partial charge in [0.1, 0.15) is 5.82 Å². The van der Waals surface area contributed by atoms with Crippen LogP contribution < -0.4 is 4.90 Å². The highest BCUT2D eigenvalue weighted by molar-refractivity contribution is 5.91. The van der Waals surface area contributed by atoms with E-state index in [1.54, 1.807) is 12.4 Å². The summed E-state index contributed by atoms with van der Waals surface area (Å²) in [6.45, 7) is 3.35. The summed E-state index contributed by atoms with van der Waals surface area (Å²) in [6, 6.07) is 12.9. The first kappa shape index (κ1) is 15.1. The molecule has 1 fully saturated rings. The molecule has 4 nitrogen and oxygen atoms in total. The van der Waals surface area contributed by atoms with E-state index in [0.717, 1.165) is 41.1 Å². The van der Waals surface area contributed by atoms with E-state index in [-0.39, 0.29) is 0 Å². The highest BCUT2D eigenvalue weighted by Crippen LogP contribution is 2.32. The molecule has 1 saturated heterocycles. The van der Waals surface area contributed by atoms with E-state index in [0.29, 0.717) is 6.04 Å². The van der Waals surface area contributed by atoms with E-state index in [9.17, 15) is 0 Å². The van der Waals surface area contributed by atoms with Crippen LogP contribution in [0, 0.1) is 0 Å². The molecule has 4 heteroatoms. The van der Waals surface area contributed by atoms with Gasteiger partial charge in [-0.3, -0.25) is 4.98 Å². The quantitative estimate of drug-likeness (QED) is 0.715. The summed E-state index contributed by atoms with van der Waals surface area (Å²) in [4.78, 5) is 16.4. The standard InChI is InChI=1S/C20H22N4/c1-2-16-7-5-6-14-24(16)20-17-8-3-4-9-18(17)22-19(23-20)15-10-12-21-13-11-15/h3-4,8-13,16H,2,5-7,14H2,1H3/t16-/m0/s1. The first-order valence-corrected chi connectivity index (χ1v) is 8.80. The Labute approximate surface area is 142 Å². The van der Waals surface area contributed by atoms with Gasteiger partial charge >= 0.3 is 0 Å². The van der Waals surface area contributed by atoms with Gasteiger partial charge in [-0.15, -0.1) is 0 Å². The van der Waals surface area contributed by atoms with Crippen LogP contribution in [0.2, 0.25) is 0 Å². The minimum Gasteiger partial charge on any atom is -0.353 e. The number of para-hydroxylation sites is 1. The van der Waals surface area contributed by atoms with Crippen molar-refractivity contribution in [1.29, 1.82) is 0 Å². The highest BCUT2D eigenvalue weighted by atomic mass is 15.2. The van der Waals surface area contributed by atoms with E-state index in [1.807, 2.05) is 18.2 Å². The number of aromatic nitrogens is 3. The fraction of sp³-hybridized carbons (Fsp3) is 0.350. The number of pyridine rings is 1. The molecule has 0 amide bonds. The Bertz CT molecular complexity index is 831. The second kappa shape index (κ2) is 6.56. The van der Waals surface area contributed by atoms with Gasteiger partial charge in [0, 0.05) is 35.9 Å². The van der Waals surface area contributed by atoms with Crippen molar-refractivity contribution in [2.24, 2.45) is 0 Å². The van der Waals surface area contributed by atoms with Crippen molar-refractivity contribution >= 4 is 16.7 Å². The minimum absolute atomic E-state index is 0.572. The van der Waals surface area contributed by atoms with Gasteiger partial charge in [-0.1, -0.05) is 19.1 Å². The van der Waals surface area contributed by atoms with E-state index in [2.05, 4.69) is 35.0 Å². The molecule has 0 N–H and O–H groups in total. The third-order valence-electron chi connectivity index (χ3n) is 4.89. The van der Waals surface area contributed by atoms with Crippen molar-refractivity contribution in [2.75, 3.05) is 11.4 Å². The van der Waals surface area contributed by atoms with Crippen molar-refractivity contribution in [3.05, 3.63) is 48.8 Å². The zero-order chi connectivity index (χ0) is 16.4. The molecule has 1 aromatic carbocycles. The van der Waals surface area contributed by atoms with Gasteiger partial charge in [-0.25, -0.2) is 9.97 Å².